The Balaban J connectivity index is 1.93. The molecule has 4 rings (SSSR count). The number of aryl methyl sites for hydroxylation is 1. The zero-order valence-electron chi connectivity index (χ0n) is 12.7. The quantitative estimate of drug-likeness (QED) is 0.743. The van der Waals surface area contributed by atoms with Gasteiger partial charge in [-0.1, -0.05) is 6.07 Å². The van der Waals surface area contributed by atoms with Crippen LogP contribution in [0.3, 0.4) is 0 Å². The molecule has 1 fully saturated rings. The van der Waals surface area contributed by atoms with Crippen LogP contribution >= 0.6 is 0 Å². The van der Waals surface area contributed by atoms with Gasteiger partial charge in [0.15, 0.2) is 0 Å². The van der Waals surface area contributed by atoms with Crippen molar-refractivity contribution in [3.8, 4) is 0 Å². The molecule has 1 aromatic carbocycles. The number of β-amino-alcohol motifs (C(OH)–C–C–N with tert-alkyl or cyclic N) is 1. The summed E-state index contributed by atoms with van der Waals surface area (Å²) in [5, 5.41) is 16.1. The van der Waals surface area contributed by atoms with Crippen LogP contribution in [-0.2, 0) is 13.6 Å². The summed E-state index contributed by atoms with van der Waals surface area (Å²) < 4.78 is 15.1. The molecule has 2 aromatic heterocycles. The van der Waals surface area contributed by atoms with E-state index < -0.39 is 5.82 Å². The number of halogens is 1. The Morgan fingerprint density at radius 2 is 2.26 bits per heavy atom. The second kappa shape index (κ2) is 5.14. The number of aromatic nitrogens is 3. The molecule has 120 valence electrons. The molecule has 0 saturated carbocycles. The molecule has 1 unspecified atom stereocenters. The minimum atomic E-state index is -0.435. The molecule has 0 aliphatic carbocycles. The molecule has 3 aromatic rings. The summed E-state index contributed by atoms with van der Waals surface area (Å²) in [6, 6.07) is 4.24. The average Bonchev–Trinajstić information content (AvgIpc) is 3.04. The molecule has 0 amide bonds. The fourth-order valence-electron chi connectivity index (χ4n) is 3.38. The SMILES string of the molecule is Cn1nc(CN2CCC(O)C2)c2c3ccc(F)cc3c(=O)[nH]c21. The van der Waals surface area contributed by atoms with Crippen molar-refractivity contribution in [3.63, 3.8) is 0 Å². The minimum Gasteiger partial charge on any atom is -0.392 e. The van der Waals surface area contributed by atoms with Gasteiger partial charge in [-0.05, 0) is 18.6 Å². The highest BCUT2D eigenvalue weighted by molar-refractivity contribution is 6.05. The summed E-state index contributed by atoms with van der Waals surface area (Å²) in [4.78, 5) is 17.1. The van der Waals surface area contributed by atoms with Gasteiger partial charge < -0.3 is 10.1 Å². The number of pyridine rings is 1. The van der Waals surface area contributed by atoms with Crippen LogP contribution in [0, 0.1) is 5.82 Å². The van der Waals surface area contributed by atoms with E-state index in [-0.39, 0.29) is 11.7 Å². The minimum absolute atomic E-state index is 0.296. The number of H-pyrrole nitrogens is 1. The van der Waals surface area contributed by atoms with Crippen molar-refractivity contribution in [2.24, 2.45) is 7.05 Å². The van der Waals surface area contributed by atoms with Crippen molar-refractivity contribution >= 4 is 21.8 Å². The summed E-state index contributed by atoms with van der Waals surface area (Å²) in [6.07, 6.45) is 0.462. The van der Waals surface area contributed by atoms with Crippen LogP contribution in [0.15, 0.2) is 23.0 Å². The predicted octanol–water partition coefficient (Wildman–Crippen LogP) is 1.12. The van der Waals surface area contributed by atoms with Crippen molar-refractivity contribution in [2.75, 3.05) is 13.1 Å². The number of fused-ring (bicyclic) bond motifs is 3. The van der Waals surface area contributed by atoms with Gasteiger partial charge in [-0.3, -0.25) is 14.4 Å². The lowest BCUT2D eigenvalue weighted by atomic mass is 10.1. The third-order valence-electron chi connectivity index (χ3n) is 4.47. The van der Waals surface area contributed by atoms with Gasteiger partial charge in [-0.15, -0.1) is 0 Å². The molecule has 2 N–H and O–H groups in total. The van der Waals surface area contributed by atoms with E-state index in [9.17, 15) is 14.3 Å². The first-order valence-corrected chi connectivity index (χ1v) is 7.60. The summed E-state index contributed by atoms with van der Waals surface area (Å²) >= 11 is 0. The number of nitrogens with zero attached hydrogens (tertiary/aromatic N) is 3. The Bertz CT molecular complexity index is 962. The lowest BCUT2D eigenvalue weighted by molar-refractivity contribution is 0.174. The molecule has 6 nitrogen and oxygen atoms in total. The Morgan fingerprint density at radius 3 is 3.00 bits per heavy atom. The number of hydrogen-bond acceptors (Lipinski definition) is 4. The van der Waals surface area contributed by atoms with Crippen molar-refractivity contribution in [2.45, 2.75) is 19.1 Å². The van der Waals surface area contributed by atoms with Gasteiger partial charge in [0.1, 0.15) is 11.5 Å². The van der Waals surface area contributed by atoms with E-state index in [1.165, 1.54) is 12.1 Å². The maximum Gasteiger partial charge on any atom is 0.257 e. The van der Waals surface area contributed by atoms with Crippen LogP contribution in [0.25, 0.3) is 21.8 Å². The van der Waals surface area contributed by atoms with Crippen LogP contribution in [0.1, 0.15) is 12.1 Å². The van der Waals surface area contributed by atoms with E-state index in [1.54, 1.807) is 17.8 Å². The predicted molar refractivity (Wildman–Crippen MR) is 84.7 cm³/mol. The van der Waals surface area contributed by atoms with Gasteiger partial charge in [-0.2, -0.15) is 5.10 Å². The summed E-state index contributed by atoms with van der Waals surface area (Å²) in [6.45, 7) is 2.02. The molecule has 1 aliphatic heterocycles. The van der Waals surface area contributed by atoms with Crippen LogP contribution in [0.5, 0.6) is 0 Å². The Hall–Kier alpha value is -2.25. The number of benzene rings is 1. The first-order valence-electron chi connectivity index (χ1n) is 7.60. The highest BCUT2D eigenvalue weighted by atomic mass is 19.1. The smallest absolute Gasteiger partial charge is 0.257 e. The van der Waals surface area contributed by atoms with Crippen molar-refractivity contribution < 1.29 is 9.50 Å². The van der Waals surface area contributed by atoms with E-state index in [0.29, 0.717) is 29.5 Å². The largest absolute Gasteiger partial charge is 0.392 e. The van der Waals surface area contributed by atoms with Crippen LogP contribution in [-0.4, -0.2) is 44.0 Å². The third kappa shape index (κ3) is 2.32. The van der Waals surface area contributed by atoms with Gasteiger partial charge in [-0.25, -0.2) is 4.39 Å². The number of aromatic amines is 1. The van der Waals surface area contributed by atoms with Crippen molar-refractivity contribution in [1.82, 2.24) is 19.7 Å². The summed E-state index contributed by atoms with van der Waals surface area (Å²) in [5.41, 5.74) is 1.13. The van der Waals surface area contributed by atoms with Gasteiger partial charge >= 0.3 is 0 Å². The average molecular weight is 316 g/mol. The monoisotopic (exact) mass is 316 g/mol. The Labute approximate surface area is 131 Å². The normalized spacial score (nSPS) is 19.2. The number of hydrogen-bond donors (Lipinski definition) is 2. The van der Waals surface area contributed by atoms with Crippen LogP contribution < -0.4 is 5.56 Å². The van der Waals surface area contributed by atoms with E-state index in [1.807, 2.05) is 0 Å². The molecule has 1 aliphatic rings. The van der Waals surface area contributed by atoms with E-state index in [0.717, 1.165) is 24.0 Å². The lowest BCUT2D eigenvalue weighted by Gasteiger charge is -2.13. The van der Waals surface area contributed by atoms with Gasteiger partial charge in [0.25, 0.3) is 5.56 Å². The zero-order valence-corrected chi connectivity index (χ0v) is 12.7. The number of aliphatic hydroxyl groups is 1. The van der Waals surface area contributed by atoms with Crippen molar-refractivity contribution in [3.05, 3.63) is 40.1 Å². The molecular weight excluding hydrogens is 299 g/mol. The second-order valence-corrected chi connectivity index (χ2v) is 6.12. The molecule has 23 heavy (non-hydrogen) atoms. The number of rotatable bonds is 2. The van der Waals surface area contributed by atoms with E-state index in [4.69, 9.17) is 0 Å². The Morgan fingerprint density at radius 1 is 1.43 bits per heavy atom. The molecule has 7 heteroatoms. The molecule has 3 heterocycles. The van der Waals surface area contributed by atoms with Gasteiger partial charge in [0.2, 0.25) is 0 Å². The maximum atomic E-state index is 13.5. The van der Waals surface area contributed by atoms with E-state index in [2.05, 4.69) is 15.0 Å². The number of nitrogens with one attached hydrogen (secondary N) is 1. The highest BCUT2D eigenvalue weighted by Gasteiger charge is 2.23. The van der Waals surface area contributed by atoms with E-state index >= 15 is 0 Å². The molecule has 1 saturated heterocycles. The lowest BCUT2D eigenvalue weighted by Crippen LogP contribution is -2.22. The highest BCUT2D eigenvalue weighted by Crippen LogP contribution is 2.26. The van der Waals surface area contributed by atoms with Crippen molar-refractivity contribution in [1.29, 1.82) is 0 Å². The standard InChI is InChI=1S/C16H17FN4O2/c1-20-15-14(13(19-20)8-21-5-4-10(22)7-21)11-3-2-9(17)6-12(11)16(23)18-15/h2-3,6,10,22H,4-5,7-8H2,1H3,(H,18,23). The third-order valence-corrected chi connectivity index (χ3v) is 4.47. The molecule has 0 radical (unpaired) electrons. The number of aliphatic hydroxyl groups excluding tert-OH is 1. The molecule has 0 spiro atoms. The van der Waals surface area contributed by atoms with Crippen LogP contribution in [0.2, 0.25) is 0 Å². The Kier molecular flexibility index (Phi) is 3.21. The first-order chi connectivity index (χ1) is 11.0. The topological polar surface area (TPSA) is 74.2 Å². The van der Waals surface area contributed by atoms with Gasteiger partial charge in [0.05, 0.1) is 17.2 Å². The molecule has 0 bridgehead atoms. The second-order valence-electron chi connectivity index (χ2n) is 6.12. The summed E-state index contributed by atoms with van der Waals surface area (Å²) in [5.74, 6) is -0.435. The number of likely N-dealkylation sites (tertiary alicyclic amines) is 1. The molecule has 1 atom stereocenters. The molecular formula is C16H17FN4O2. The fourth-order valence-corrected chi connectivity index (χ4v) is 3.38. The summed E-state index contributed by atoms with van der Waals surface area (Å²) in [7, 11) is 1.77. The zero-order chi connectivity index (χ0) is 16.1. The maximum absolute atomic E-state index is 13.5. The van der Waals surface area contributed by atoms with Gasteiger partial charge in [0, 0.05) is 37.5 Å². The fraction of sp³-hybridized carbons (Fsp3) is 0.375. The van der Waals surface area contributed by atoms with Crippen LogP contribution in [0.4, 0.5) is 4.39 Å². The first kappa shape index (κ1) is 14.3.